The van der Waals surface area contributed by atoms with Gasteiger partial charge in [0.1, 0.15) is 12.6 Å². The lowest BCUT2D eigenvalue weighted by atomic mass is 10.1. The van der Waals surface area contributed by atoms with Crippen molar-refractivity contribution >= 4 is 50.7 Å². The number of amides is 2. The fourth-order valence-electron chi connectivity index (χ4n) is 3.71. The zero-order chi connectivity index (χ0) is 25.5. The van der Waals surface area contributed by atoms with E-state index in [4.69, 9.17) is 23.2 Å². The number of likely N-dealkylation sites (N-methyl/N-ethyl adjacent to an activating group) is 1. The molecule has 0 aliphatic carbocycles. The van der Waals surface area contributed by atoms with Gasteiger partial charge >= 0.3 is 0 Å². The molecule has 0 heterocycles. The summed E-state index contributed by atoms with van der Waals surface area (Å²) < 4.78 is 26.6. The van der Waals surface area contributed by atoms with E-state index in [1.807, 2.05) is 19.1 Å². The van der Waals surface area contributed by atoms with E-state index in [2.05, 4.69) is 5.32 Å². The van der Waals surface area contributed by atoms with Crippen LogP contribution in [0.15, 0.2) is 42.5 Å². The molecule has 2 amide bonds. The molecule has 1 atom stereocenters. The van der Waals surface area contributed by atoms with Crippen molar-refractivity contribution in [2.75, 3.05) is 23.7 Å². The van der Waals surface area contributed by atoms with Crippen molar-refractivity contribution in [3.8, 4) is 0 Å². The average Bonchev–Trinajstić information content (AvgIpc) is 2.78. The molecule has 0 aromatic heterocycles. The van der Waals surface area contributed by atoms with E-state index >= 15 is 0 Å². The maximum Gasteiger partial charge on any atom is 0.244 e. The maximum atomic E-state index is 13.7. The summed E-state index contributed by atoms with van der Waals surface area (Å²) in [6, 6.07) is 11.2. The number of hydrogen-bond donors (Lipinski definition) is 1. The molecule has 0 aliphatic heterocycles. The summed E-state index contributed by atoms with van der Waals surface area (Å²) in [6.07, 6.45) is 1.97. The highest BCUT2D eigenvalue weighted by atomic mass is 35.5. The molecule has 2 aromatic carbocycles. The third-order valence-corrected chi connectivity index (χ3v) is 7.28. The van der Waals surface area contributed by atoms with Gasteiger partial charge in [0, 0.05) is 28.7 Å². The minimum atomic E-state index is -3.80. The topological polar surface area (TPSA) is 86.8 Å². The lowest BCUT2D eigenvalue weighted by Gasteiger charge is -2.33. The third-order valence-electron chi connectivity index (χ3n) is 5.45. The number of nitrogens with one attached hydrogen (secondary N) is 1. The van der Waals surface area contributed by atoms with Crippen LogP contribution in [-0.2, 0) is 32.6 Å². The van der Waals surface area contributed by atoms with Crippen molar-refractivity contribution in [2.45, 2.75) is 46.2 Å². The fraction of sp³-hybridized carbons (Fsp3) is 0.417. The molecule has 0 bridgehead atoms. The zero-order valence-electron chi connectivity index (χ0n) is 19.8. The number of benzene rings is 2. The number of aryl methyl sites for hydroxylation is 1. The Bertz CT molecular complexity index is 1100. The first-order chi connectivity index (χ1) is 16.0. The number of para-hydroxylation sites is 1. The van der Waals surface area contributed by atoms with E-state index in [1.165, 1.54) is 4.90 Å². The minimum absolute atomic E-state index is 0.0417. The van der Waals surface area contributed by atoms with Crippen LogP contribution in [0, 0.1) is 0 Å². The number of anilines is 1. The van der Waals surface area contributed by atoms with Gasteiger partial charge in [-0.05, 0) is 43.5 Å². The van der Waals surface area contributed by atoms with Crippen LogP contribution in [0.1, 0.15) is 38.3 Å². The molecule has 2 rings (SSSR count). The van der Waals surface area contributed by atoms with Crippen molar-refractivity contribution in [3.05, 3.63) is 63.6 Å². The van der Waals surface area contributed by atoms with Crippen molar-refractivity contribution in [2.24, 2.45) is 0 Å². The summed E-state index contributed by atoms with van der Waals surface area (Å²) in [5.74, 6) is -0.869. The minimum Gasteiger partial charge on any atom is -0.355 e. The first-order valence-corrected chi connectivity index (χ1v) is 13.7. The average molecular weight is 529 g/mol. The lowest BCUT2D eigenvalue weighted by molar-refractivity contribution is -0.140. The summed E-state index contributed by atoms with van der Waals surface area (Å²) in [6.45, 7) is 5.37. The molecule has 0 saturated heterocycles. The largest absolute Gasteiger partial charge is 0.355 e. The summed E-state index contributed by atoms with van der Waals surface area (Å²) in [7, 11) is -3.80. The van der Waals surface area contributed by atoms with E-state index in [-0.39, 0.29) is 12.5 Å². The smallest absolute Gasteiger partial charge is 0.244 e. The highest BCUT2D eigenvalue weighted by Gasteiger charge is 2.32. The quantitative estimate of drug-likeness (QED) is 0.472. The maximum absolute atomic E-state index is 13.7. The zero-order valence-corrected chi connectivity index (χ0v) is 22.2. The Morgan fingerprint density at radius 1 is 1.00 bits per heavy atom. The molecule has 7 nitrogen and oxygen atoms in total. The van der Waals surface area contributed by atoms with Crippen molar-refractivity contribution in [3.63, 3.8) is 0 Å². The Kier molecular flexibility index (Phi) is 10.2. The van der Waals surface area contributed by atoms with Gasteiger partial charge in [-0.15, -0.1) is 0 Å². The monoisotopic (exact) mass is 527 g/mol. The van der Waals surface area contributed by atoms with Gasteiger partial charge < -0.3 is 10.2 Å². The molecular weight excluding hydrogens is 497 g/mol. The highest BCUT2D eigenvalue weighted by Crippen LogP contribution is 2.28. The molecule has 34 heavy (non-hydrogen) atoms. The Labute approximate surface area is 212 Å². The molecule has 0 saturated carbocycles. The standard InChI is InChI=1S/C24H31Cl2N3O4S/c1-5-17-11-8-9-14-22(17)29(34(4,32)33)16-23(30)28(21(6-2)24(31)27-7-3)15-18-19(25)12-10-13-20(18)26/h8-14,21H,5-7,15-16H2,1-4H3,(H,27,31)/t21-/m1/s1. The molecule has 0 radical (unpaired) electrons. The van der Waals surface area contributed by atoms with E-state index in [1.54, 1.807) is 44.2 Å². The molecule has 0 unspecified atom stereocenters. The molecule has 186 valence electrons. The number of hydrogen-bond acceptors (Lipinski definition) is 4. The second-order valence-corrected chi connectivity index (χ2v) is 10.5. The van der Waals surface area contributed by atoms with E-state index in [9.17, 15) is 18.0 Å². The van der Waals surface area contributed by atoms with Gasteiger partial charge in [0.25, 0.3) is 0 Å². The lowest BCUT2D eigenvalue weighted by Crippen LogP contribution is -2.52. The van der Waals surface area contributed by atoms with Gasteiger partial charge in [0.15, 0.2) is 0 Å². The SMILES string of the molecule is CCNC(=O)[C@@H](CC)N(Cc1c(Cl)cccc1Cl)C(=O)CN(c1ccccc1CC)S(C)(=O)=O. The number of carbonyl (C=O) groups excluding carboxylic acids is 2. The van der Waals surface area contributed by atoms with Gasteiger partial charge in [-0.25, -0.2) is 8.42 Å². The second-order valence-electron chi connectivity index (χ2n) is 7.79. The Balaban J connectivity index is 2.53. The third kappa shape index (κ3) is 6.87. The molecule has 2 aromatic rings. The van der Waals surface area contributed by atoms with Crippen molar-refractivity contribution in [1.29, 1.82) is 0 Å². The molecule has 0 aliphatic rings. The highest BCUT2D eigenvalue weighted by molar-refractivity contribution is 7.92. The van der Waals surface area contributed by atoms with E-state index in [0.717, 1.165) is 16.1 Å². The summed E-state index contributed by atoms with van der Waals surface area (Å²) >= 11 is 12.7. The Morgan fingerprint density at radius 3 is 2.15 bits per heavy atom. The molecule has 0 fully saturated rings. The molecule has 10 heteroatoms. The number of nitrogens with zero attached hydrogens (tertiary/aromatic N) is 2. The summed E-state index contributed by atoms with van der Waals surface area (Å²) in [4.78, 5) is 27.8. The molecular formula is C24H31Cl2N3O4S. The predicted octanol–water partition coefficient (Wildman–Crippen LogP) is 4.27. The summed E-state index contributed by atoms with van der Waals surface area (Å²) in [5.41, 5.74) is 1.71. The normalized spacial score (nSPS) is 12.2. The second kappa shape index (κ2) is 12.4. The number of halogens is 2. The molecule has 0 spiro atoms. The van der Waals surface area contributed by atoms with Crippen LogP contribution in [0.25, 0.3) is 0 Å². The van der Waals surface area contributed by atoms with Crippen LogP contribution in [0.4, 0.5) is 5.69 Å². The number of sulfonamides is 1. The van der Waals surface area contributed by atoms with Crippen LogP contribution in [0.3, 0.4) is 0 Å². The van der Waals surface area contributed by atoms with Gasteiger partial charge in [-0.3, -0.25) is 13.9 Å². The first-order valence-electron chi connectivity index (χ1n) is 11.1. The number of carbonyl (C=O) groups is 2. The van der Waals surface area contributed by atoms with Gasteiger partial charge in [-0.1, -0.05) is 61.3 Å². The van der Waals surface area contributed by atoms with Crippen LogP contribution in [0.5, 0.6) is 0 Å². The van der Waals surface area contributed by atoms with Crippen LogP contribution in [0.2, 0.25) is 10.0 Å². The van der Waals surface area contributed by atoms with E-state index < -0.39 is 28.5 Å². The van der Waals surface area contributed by atoms with Crippen LogP contribution >= 0.6 is 23.2 Å². The van der Waals surface area contributed by atoms with E-state index in [0.29, 0.717) is 40.7 Å². The first kappa shape index (κ1) is 28.0. The number of rotatable bonds is 11. The van der Waals surface area contributed by atoms with Gasteiger partial charge in [0.05, 0.1) is 11.9 Å². The van der Waals surface area contributed by atoms with Crippen molar-refractivity contribution < 1.29 is 18.0 Å². The van der Waals surface area contributed by atoms with Gasteiger partial charge in [-0.2, -0.15) is 0 Å². The Morgan fingerprint density at radius 2 is 1.62 bits per heavy atom. The molecule has 1 N–H and O–H groups in total. The Hall–Kier alpha value is -2.29. The summed E-state index contributed by atoms with van der Waals surface area (Å²) in [5, 5.41) is 3.46. The fourth-order valence-corrected chi connectivity index (χ4v) is 5.11. The van der Waals surface area contributed by atoms with Crippen LogP contribution < -0.4 is 9.62 Å². The van der Waals surface area contributed by atoms with Crippen LogP contribution in [-0.4, -0.2) is 50.5 Å². The van der Waals surface area contributed by atoms with Crippen molar-refractivity contribution in [1.82, 2.24) is 10.2 Å². The van der Waals surface area contributed by atoms with Gasteiger partial charge in [0.2, 0.25) is 21.8 Å². The predicted molar refractivity (Wildman–Crippen MR) is 138 cm³/mol.